The zero-order valence-electron chi connectivity index (χ0n) is 16.0. The van der Waals surface area contributed by atoms with Gasteiger partial charge in [-0.2, -0.15) is 0 Å². The summed E-state index contributed by atoms with van der Waals surface area (Å²) in [6.45, 7) is 0. The number of benzene rings is 3. The average Bonchev–Trinajstić information content (AvgIpc) is 2.74. The highest BCUT2D eigenvalue weighted by atomic mass is 16.5. The van der Waals surface area contributed by atoms with Gasteiger partial charge in [0.2, 0.25) is 0 Å². The third-order valence-corrected chi connectivity index (χ3v) is 4.41. The molecular formula is C21H22BNO5. The fraction of sp³-hybridized carbons (Fsp3) is 0.143. The van der Waals surface area contributed by atoms with Gasteiger partial charge in [0.15, 0.2) is 0 Å². The summed E-state index contributed by atoms with van der Waals surface area (Å²) in [6, 6.07) is 20.5. The zero-order chi connectivity index (χ0) is 20.1. The molecule has 0 aliphatic carbocycles. The fourth-order valence-corrected chi connectivity index (χ4v) is 2.96. The molecule has 0 unspecified atom stereocenters. The Labute approximate surface area is 164 Å². The van der Waals surface area contributed by atoms with E-state index in [1.54, 1.807) is 26.4 Å². The van der Waals surface area contributed by atoms with Crippen LogP contribution in [0.2, 0.25) is 0 Å². The van der Waals surface area contributed by atoms with Crippen LogP contribution in [0.25, 0.3) is 0 Å². The first kappa shape index (κ1) is 19.6. The molecule has 0 spiro atoms. The molecule has 0 saturated carbocycles. The van der Waals surface area contributed by atoms with Crippen molar-refractivity contribution in [2.24, 2.45) is 0 Å². The summed E-state index contributed by atoms with van der Waals surface area (Å²) in [5.74, 6) is 1.91. The first-order valence-electron chi connectivity index (χ1n) is 8.69. The van der Waals surface area contributed by atoms with E-state index in [9.17, 15) is 10.0 Å². The van der Waals surface area contributed by atoms with Crippen LogP contribution in [-0.4, -0.2) is 38.5 Å². The van der Waals surface area contributed by atoms with E-state index < -0.39 is 7.12 Å². The minimum Gasteiger partial charge on any atom is -0.497 e. The zero-order valence-corrected chi connectivity index (χ0v) is 16.0. The highest BCUT2D eigenvalue weighted by molar-refractivity contribution is 6.59. The third kappa shape index (κ3) is 4.06. The van der Waals surface area contributed by atoms with Crippen molar-refractivity contribution >= 4 is 29.6 Å². The lowest BCUT2D eigenvalue weighted by molar-refractivity contribution is 0.403. The van der Waals surface area contributed by atoms with Gasteiger partial charge in [-0.15, -0.1) is 0 Å². The molecule has 0 amide bonds. The largest absolute Gasteiger partial charge is 0.497 e. The van der Waals surface area contributed by atoms with E-state index in [0.29, 0.717) is 11.2 Å². The summed E-state index contributed by atoms with van der Waals surface area (Å²) in [5, 5.41) is 19.1. The van der Waals surface area contributed by atoms with Gasteiger partial charge in [0, 0.05) is 28.6 Å². The molecule has 6 nitrogen and oxygen atoms in total. The van der Waals surface area contributed by atoms with Crippen LogP contribution in [0.1, 0.15) is 0 Å². The van der Waals surface area contributed by atoms with E-state index in [0.717, 1.165) is 28.6 Å². The van der Waals surface area contributed by atoms with Crippen molar-refractivity contribution in [3.05, 3.63) is 66.7 Å². The van der Waals surface area contributed by atoms with Gasteiger partial charge in [-0.25, -0.2) is 0 Å². The van der Waals surface area contributed by atoms with Crippen molar-refractivity contribution in [3.8, 4) is 17.2 Å². The molecule has 3 rings (SSSR count). The lowest BCUT2D eigenvalue weighted by atomic mass is 9.79. The van der Waals surface area contributed by atoms with Crippen LogP contribution in [0.5, 0.6) is 17.2 Å². The highest BCUT2D eigenvalue weighted by Crippen LogP contribution is 2.37. The molecule has 0 heterocycles. The molecule has 3 aromatic rings. The Balaban J connectivity index is 2.11. The predicted octanol–water partition coefficient (Wildman–Crippen LogP) is 2.86. The van der Waals surface area contributed by atoms with Crippen LogP contribution in [0.3, 0.4) is 0 Å². The molecule has 0 aliphatic rings. The molecular weight excluding hydrogens is 357 g/mol. The standard InChI is InChI=1S/C21H22BNO5/c1-26-18-9-4-15(5-10-18)23(16-6-11-19(27-2)12-7-16)17-8-13-20(22(24)25)21(14-17)28-3/h4-14,24-25H,1-3H3. The molecule has 28 heavy (non-hydrogen) atoms. The number of nitrogens with zero attached hydrogens (tertiary/aromatic N) is 1. The summed E-state index contributed by atoms with van der Waals surface area (Å²) in [4.78, 5) is 2.02. The highest BCUT2D eigenvalue weighted by Gasteiger charge is 2.20. The van der Waals surface area contributed by atoms with E-state index in [-0.39, 0.29) is 0 Å². The predicted molar refractivity (Wildman–Crippen MR) is 111 cm³/mol. The maximum Gasteiger partial charge on any atom is 0.492 e. The van der Waals surface area contributed by atoms with Gasteiger partial charge in [-0.1, -0.05) is 6.07 Å². The van der Waals surface area contributed by atoms with Gasteiger partial charge in [0.1, 0.15) is 17.2 Å². The maximum absolute atomic E-state index is 9.55. The van der Waals surface area contributed by atoms with Crippen LogP contribution >= 0.6 is 0 Å². The molecule has 144 valence electrons. The second kappa shape index (κ2) is 8.69. The Morgan fingerprint density at radius 3 is 1.50 bits per heavy atom. The van der Waals surface area contributed by atoms with Gasteiger partial charge < -0.3 is 29.2 Å². The van der Waals surface area contributed by atoms with E-state index in [2.05, 4.69) is 0 Å². The molecule has 3 aromatic carbocycles. The number of rotatable bonds is 7. The van der Waals surface area contributed by atoms with Gasteiger partial charge in [-0.3, -0.25) is 0 Å². The molecule has 0 atom stereocenters. The van der Waals surface area contributed by atoms with Gasteiger partial charge in [0.25, 0.3) is 0 Å². The van der Waals surface area contributed by atoms with Crippen molar-refractivity contribution in [3.63, 3.8) is 0 Å². The lowest BCUT2D eigenvalue weighted by Crippen LogP contribution is -2.31. The quantitative estimate of drug-likeness (QED) is 0.616. The summed E-state index contributed by atoms with van der Waals surface area (Å²) in [7, 11) is 3.13. The molecule has 0 saturated heterocycles. The maximum atomic E-state index is 9.55. The van der Waals surface area contributed by atoms with Gasteiger partial charge in [-0.05, 0) is 54.6 Å². The summed E-state index contributed by atoms with van der Waals surface area (Å²) in [6.07, 6.45) is 0. The Kier molecular flexibility index (Phi) is 6.08. The topological polar surface area (TPSA) is 71.4 Å². The van der Waals surface area contributed by atoms with E-state index in [1.165, 1.54) is 7.11 Å². The Hall–Kier alpha value is -3.16. The van der Waals surface area contributed by atoms with Crippen molar-refractivity contribution in [1.29, 1.82) is 0 Å². The number of hydrogen-bond donors (Lipinski definition) is 2. The number of anilines is 3. The minimum atomic E-state index is -1.61. The van der Waals surface area contributed by atoms with Crippen LogP contribution in [0.4, 0.5) is 17.1 Å². The normalized spacial score (nSPS) is 10.3. The molecule has 0 aliphatic heterocycles. The molecule has 0 fully saturated rings. The van der Waals surface area contributed by atoms with Gasteiger partial charge >= 0.3 is 7.12 Å². The van der Waals surface area contributed by atoms with E-state index >= 15 is 0 Å². The summed E-state index contributed by atoms with van der Waals surface area (Å²) >= 11 is 0. The fourth-order valence-electron chi connectivity index (χ4n) is 2.96. The van der Waals surface area contributed by atoms with Crippen molar-refractivity contribution in [2.45, 2.75) is 0 Å². The second-order valence-electron chi connectivity index (χ2n) is 6.03. The Morgan fingerprint density at radius 1 is 0.643 bits per heavy atom. The SMILES string of the molecule is COc1ccc(N(c2ccc(OC)cc2)c2ccc(B(O)O)c(OC)c2)cc1. The van der Waals surface area contributed by atoms with Crippen LogP contribution in [0, 0.1) is 0 Å². The molecule has 0 bridgehead atoms. The smallest absolute Gasteiger partial charge is 0.492 e. The van der Waals surface area contributed by atoms with Crippen LogP contribution in [0.15, 0.2) is 66.7 Å². The summed E-state index contributed by atoms with van der Waals surface area (Å²) in [5.41, 5.74) is 2.92. The second-order valence-corrected chi connectivity index (χ2v) is 6.03. The van der Waals surface area contributed by atoms with E-state index in [4.69, 9.17) is 14.2 Å². The lowest BCUT2D eigenvalue weighted by Gasteiger charge is -2.26. The Bertz CT molecular complexity index is 866. The molecule has 0 radical (unpaired) electrons. The number of methoxy groups -OCH3 is 3. The third-order valence-electron chi connectivity index (χ3n) is 4.41. The first-order valence-corrected chi connectivity index (χ1v) is 8.69. The Morgan fingerprint density at radius 2 is 1.11 bits per heavy atom. The van der Waals surface area contributed by atoms with Crippen LogP contribution in [-0.2, 0) is 0 Å². The monoisotopic (exact) mass is 379 g/mol. The average molecular weight is 379 g/mol. The number of hydrogen-bond acceptors (Lipinski definition) is 6. The number of ether oxygens (including phenoxy) is 3. The molecule has 0 aromatic heterocycles. The van der Waals surface area contributed by atoms with E-state index in [1.807, 2.05) is 59.5 Å². The summed E-state index contributed by atoms with van der Waals surface area (Å²) < 4.78 is 15.9. The molecule has 7 heteroatoms. The van der Waals surface area contributed by atoms with Gasteiger partial charge in [0.05, 0.1) is 21.3 Å². The van der Waals surface area contributed by atoms with Crippen molar-refractivity contribution in [2.75, 3.05) is 26.2 Å². The van der Waals surface area contributed by atoms with Crippen molar-refractivity contribution < 1.29 is 24.3 Å². The van der Waals surface area contributed by atoms with Crippen molar-refractivity contribution in [1.82, 2.24) is 0 Å². The minimum absolute atomic E-state index is 0.302. The van der Waals surface area contributed by atoms with Crippen LogP contribution < -0.4 is 24.6 Å². The first-order chi connectivity index (χ1) is 13.6. The molecule has 2 N–H and O–H groups in total.